The van der Waals surface area contributed by atoms with Crippen LogP contribution in [0.5, 0.6) is 0 Å². The Bertz CT molecular complexity index is 403. The van der Waals surface area contributed by atoms with Gasteiger partial charge < -0.3 is 4.74 Å². The molecule has 0 spiro atoms. The number of benzene rings is 1. The molecule has 0 aromatic heterocycles. The minimum Gasteiger partial charge on any atom is -0.464 e. The van der Waals surface area contributed by atoms with Crippen molar-refractivity contribution in [1.29, 1.82) is 0 Å². The summed E-state index contributed by atoms with van der Waals surface area (Å²) in [6.45, 7) is 8.99. The molecule has 0 aliphatic heterocycles. The van der Waals surface area contributed by atoms with Crippen molar-refractivity contribution in [3.05, 3.63) is 35.4 Å². The maximum absolute atomic E-state index is 12.2. The zero-order chi connectivity index (χ0) is 13.6. The number of aryl methyl sites for hydroxylation is 1. The van der Waals surface area contributed by atoms with E-state index in [1.54, 1.807) is 0 Å². The minimum atomic E-state index is -0.767. The lowest BCUT2D eigenvalue weighted by molar-refractivity contribution is -0.151. The number of hydrogen-bond acceptors (Lipinski definition) is 3. The zero-order valence-electron chi connectivity index (χ0n) is 11.7. The summed E-state index contributed by atoms with van der Waals surface area (Å²) in [6.07, 6.45) is 0.973. The fourth-order valence-electron chi connectivity index (χ4n) is 2.06. The van der Waals surface area contributed by atoms with E-state index in [1.807, 2.05) is 45.0 Å². The van der Waals surface area contributed by atoms with E-state index in [-0.39, 0.29) is 5.97 Å². The van der Waals surface area contributed by atoms with Gasteiger partial charge in [0.2, 0.25) is 0 Å². The lowest BCUT2D eigenvalue weighted by atomic mass is 9.88. The average Bonchev–Trinajstić information content (AvgIpc) is 2.36. The molecule has 1 atom stereocenters. The van der Waals surface area contributed by atoms with Crippen LogP contribution in [-0.2, 0) is 15.1 Å². The van der Waals surface area contributed by atoms with Crippen molar-refractivity contribution >= 4 is 5.97 Å². The van der Waals surface area contributed by atoms with Gasteiger partial charge in [-0.2, -0.15) is 0 Å². The molecule has 0 saturated carbocycles. The Morgan fingerprint density at radius 1 is 1.33 bits per heavy atom. The van der Waals surface area contributed by atoms with E-state index >= 15 is 0 Å². The van der Waals surface area contributed by atoms with E-state index < -0.39 is 5.54 Å². The molecule has 3 heteroatoms. The summed E-state index contributed by atoms with van der Waals surface area (Å²) < 4.78 is 5.21. The molecule has 0 heterocycles. The Labute approximate surface area is 110 Å². The highest BCUT2D eigenvalue weighted by Gasteiger charge is 2.36. The number of carbonyl (C=O) groups is 1. The molecular formula is C15H23NO2. The fraction of sp³-hybridized carbons (Fsp3) is 0.533. The van der Waals surface area contributed by atoms with Gasteiger partial charge in [-0.15, -0.1) is 0 Å². The summed E-state index contributed by atoms with van der Waals surface area (Å²) in [5, 5.41) is 3.31. The summed E-state index contributed by atoms with van der Waals surface area (Å²) in [7, 11) is 0. The second-order valence-electron chi connectivity index (χ2n) is 4.59. The second kappa shape index (κ2) is 6.55. The molecule has 1 rings (SSSR count). The van der Waals surface area contributed by atoms with Gasteiger partial charge in [0.15, 0.2) is 0 Å². The van der Waals surface area contributed by atoms with Crippen LogP contribution in [0.2, 0.25) is 0 Å². The van der Waals surface area contributed by atoms with Gasteiger partial charge in [-0.25, -0.2) is 4.79 Å². The van der Waals surface area contributed by atoms with Crippen LogP contribution in [0.3, 0.4) is 0 Å². The third-order valence-corrected chi connectivity index (χ3v) is 3.10. The van der Waals surface area contributed by atoms with Gasteiger partial charge in [-0.3, -0.25) is 5.32 Å². The average molecular weight is 249 g/mol. The Balaban J connectivity index is 3.11. The van der Waals surface area contributed by atoms with Crippen molar-refractivity contribution < 1.29 is 9.53 Å². The molecule has 0 fully saturated rings. The Hall–Kier alpha value is -1.35. The third-order valence-electron chi connectivity index (χ3n) is 3.10. The summed E-state index contributed by atoms with van der Waals surface area (Å²) >= 11 is 0. The number of ether oxygens (including phenoxy) is 1. The lowest BCUT2D eigenvalue weighted by Crippen LogP contribution is -2.48. The number of nitrogens with one attached hydrogen (secondary N) is 1. The third kappa shape index (κ3) is 3.10. The number of esters is 1. The van der Waals surface area contributed by atoms with Crippen LogP contribution in [0, 0.1) is 6.92 Å². The van der Waals surface area contributed by atoms with Gasteiger partial charge in [0.1, 0.15) is 5.54 Å². The standard InChI is InChI=1S/C15H23NO2/c1-5-11-16-15(4,14(17)18-6-2)13-10-8-7-9-12(13)3/h7-10,16H,5-6,11H2,1-4H3. The molecule has 18 heavy (non-hydrogen) atoms. The molecule has 3 nitrogen and oxygen atoms in total. The molecule has 1 aromatic rings. The quantitative estimate of drug-likeness (QED) is 0.788. The van der Waals surface area contributed by atoms with Crippen LogP contribution in [0.1, 0.15) is 38.3 Å². The van der Waals surface area contributed by atoms with Gasteiger partial charge in [-0.1, -0.05) is 31.2 Å². The van der Waals surface area contributed by atoms with Crippen molar-refractivity contribution in [2.24, 2.45) is 0 Å². The van der Waals surface area contributed by atoms with Gasteiger partial charge in [-0.05, 0) is 44.9 Å². The summed E-state index contributed by atoms with van der Waals surface area (Å²) in [5.41, 5.74) is 1.31. The normalized spacial score (nSPS) is 14.0. The number of hydrogen-bond donors (Lipinski definition) is 1. The van der Waals surface area contributed by atoms with E-state index in [1.165, 1.54) is 0 Å². The Morgan fingerprint density at radius 3 is 2.56 bits per heavy atom. The molecule has 1 aromatic carbocycles. The van der Waals surface area contributed by atoms with Crippen LogP contribution in [0.25, 0.3) is 0 Å². The first kappa shape index (κ1) is 14.7. The Kier molecular flexibility index (Phi) is 5.35. The number of carbonyl (C=O) groups excluding carboxylic acids is 1. The predicted octanol–water partition coefficient (Wildman–Crippen LogP) is 2.77. The molecular weight excluding hydrogens is 226 g/mol. The Morgan fingerprint density at radius 2 is 2.00 bits per heavy atom. The van der Waals surface area contributed by atoms with Crippen molar-refractivity contribution in [3.63, 3.8) is 0 Å². The van der Waals surface area contributed by atoms with Crippen LogP contribution in [0.4, 0.5) is 0 Å². The zero-order valence-corrected chi connectivity index (χ0v) is 11.7. The molecule has 100 valence electrons. The smallest absolute Gasteiger partial charge is 0.330 e. The molecule has 1 unspecified atom stereocenters. The monoisotopic (exact) mass is 249 g/mol. The topological polar surface area (TPSA) is 38.3 Å². The first-order valence-corrected chi connectivity index (χ1v) is 6.54. The van der Waals surface area contributed by atoms with Gasteiger partial charge >= 0.3 is 5.97 Å². The van der Waals surface area contributed by atoms with Crippen LogP contribution >= 0.6 is 0 Å². The highest BCUT2D eigenvalue weighted by Crippen LogP contribution is 2.25. The van der Waals surface area contributed by atoms with Crippen molar-refractivity contribution in [2.45, 2.75) is 39.7 Å². The largest absolute Gasteiger partial charge is 0.464 e. The van der Waals surface area contributed by atoms with E-state index in [9.17, 15) is 4.79 Å². The van der Waals surface area contributed by atoms with E-state index in [0.29, 0.717) is 6.61 Å². The van der Waals surface area contributed by atoms with Gasteiger partial charge in [0, 0.05) is 0 Å². The highest BCUT2D eigenvalue weighted by molar-refractivity contribution is 5.82. The fourth-order valence-corrected chi connectivity index (χ4v) is 2.06. The summed E-state index contributed by atoms with van der Waals surface area (Å²) in [4.78, 5) is 12.2. The SMILES string of the molecule is CCCNC(C)(C(=O)OCC)c1ccccc1C. The molecule has 0 amide bonds. The highest BCUT2D eigenvalue weighted by atomic mass is 16.5. The maximum Gasteiger partial charge on any atom is 0.330 e. The summed E-state index contributed by atoms with van der Waals surface area (Å²) in [5.74, 6) is -0.215. The first-order chi connectivity index (χ1) is 8.56. The molecule has 0 aliphatic rings. The van der Waals surface area contributed by atoms with E-state index in [2.05, 4.69) is 12.2 Å². The number of rotatable bonds is 6. The van der Waals surface area contributed by atoms with Crippen molar-refractivity contribution in [3.8, 4) is 0 Å². The van der Waals surface area contributed by atoms with Crippen LogP contribution in [-0.4, -0.2) is 19.1 Å². The van der Waals surface area contributed by atoms with Crippen LogP contribution < -0.4 is 5.32 Å². The van der Waals surface area contributed by atoms with E-state index in [0.717, 1.165) is 24.1 Å². The summed E-state index contributed by atoms with van der Waals surface area (Å²) in [6, 6.07) is 7.92. The van der Waals surface area contributed by atoms with E-state index in [4.69, 9.17) is 4.74 Å². The molecule has 0 radical (unpaired) electrons. The minimum absolute atomic E-state index is 0.215. The molecule has 0 aliphatic carbocycles. The van der Waals surface area contributed by atoms with Gasteiger partial charge in [0.05, 0.1) is 6.61 Å². The predicted molar refractivity (Wildman–Crippen MR) is 73.5 cm³/mol. The lowest BCUT2D eigenvalue weighted by Gasteiger charge is -2.30. The molecule has 0 saturated heterocycles. The molecule has 0 bridgehead atoms. The van der Waals surface area contributed by atoms with Gasteiger partial charge in [0.25, 0.3) is 0 Å². The second-order valence-corrected chi connectivity index (χ2v) is 4.59. The molecule has 1 N–H and O–H groups in total. The van der Waals surface area contributed by atoms with Crippen molar-refractivity contribution in [2.75, 3.05) is 13.2 Å². The van der Waals surface area contributed by atoms with Crippen molar-refractivity contribution in [1.82, 2.24) is 5.32 Å². The van der Waals surface area contributed by atoms with Crippen LogP contribution in [0.15, 0.2) is 24.3 Å². The maximum atomic E-state index is 12.2. The first-order valence-electron chi connectivity index (χ1n) is 6.54.